The summed E-state index contributed by atoms with van der Waals surface area (Å²) < 4.78 is 27.0. The van der Waals surface area contributed by atoms with E-state index in [1.54, 1.807) is 31.5 Å². The Balaban J connectivity index is 2.22. The lowest BCUT2D eigenvalue weighted by atomic mass is 10.4. The van der Waals surface area contributed by atoms with Crippen LogP contribution in [0, 0.1) is 0 Å². The molecule has 1 amide bonds. The van der Waals surface area contributed by atoms with Crippen LogP contribution in [0.4, 0.5) is 0 Å². The van der Waals surface area contributed by atoms with Crippen molar-refractivity contribution in [3.8, 4) is 5.69 Å². The van der Waals surface area contributed by atoms with Crippen molar-refractivity contribution in [3.05, 3.63) is 41.4 Å². The van der Waals surface area contributed by atoms with Crippen LogP contribution >= 0.6 is 11.6 Å². The van der Waals surface area contributed by atoms with Crippen molar-refractivity contribution in [1.82, 2.24) is 19.5 Å². The van der Waals surface area contributed by atoms with Crippen molar-refractivity contribution < 1.29 is 13.2 Å². The number of carbonyl (C=O) groups excluding carboxylic acids is 1. The average molecular weight is 329 g/mol. The predicted molar refractivity (Wildman–Crippen MR) is 77.4 cm³/mol. The minimum atomic E-state index is -3.79. The van der Waals surface area contributed by atoms with Crippen LogP contribution in [0.15, 0.2) is 30.7 Å². The number of hydrogen-bond donors (Lipinski definition) is 1. The standard InChI is InChI=1S/C12H13ClN4O3S/c1-2-11(18)16-21(19,20)8-9-7-17(15-12(9)13)10-4-3-5-14-6-10/h3-7H,2,8H2,1H3,(H,16,18). The molecule has 0 atom stereocenters. The summed E-state index contributed by atoms with van der Waals surface area (Å²) in [5.74, 6) is -0.983. The lowest BCUT2D eigenvalue weighted by Gasteiger charge is -2.04. The van der Waals surface area contributed by atoms with Gasteiger partial charge < -0.3 is 0 Å². The molecule has 1 N–H and O–H groups in total. The minimum Gasteiger partial charge on any atom is -0.274 e. The molecule has 0 aliphatic rings. The van der Waals surface area contributed by atoms with Gasteiger partial charge in [-0.05, 0) is 12.1 Å². The third kappa shape index (κ3) is 4.02. The van der Waals surface area contributed by atoms with Crippen molar-refractivity contribution in [2.45, 2.75) is 19.1 Å². The van der Waals surface area contributed by atoms with E-state index in [1.165, 1.54) is 10.9 Å². The zero-order valence-corrected chi connectivity index (χ0v) is 12.7. The number of nitrogens with zero attached hydrogens (tertiary/aromatic N) is 3. The molecule has 9 heteroatoms. The lowest BCUT2D eigenvalue weighted by molar-refractivity contribution is -0.119. The van der Waals surface area contributed by atoms with E-state index in [9.17, 15) is 13.2 Å². The number of pyridine rings is 1. The van der Waals surface area contributed by atoms with Gasteiger partial charge in [0.05, 0.1) is 17.6 Å². The summed E-state index contributed by atoms with van der Waals surface area (Å²) in [5, 5.41) is 4.09. The first-order valence-electron chi connectivity index (χ1n) is 6.09. The molecule has 112 valence electrons. The molecular weight excluding hydrogens is 316 g/mol. The van der Waals surface area contributed by atoms with Crippen LogP contribution in [0.5, 0.6) is 0 Å². The van der Waals surface area contributed by atoms with Crippen molar-refractivity contribution in [3.63, 3.8) is 0 Å². The topological polar surface area (TPSA) is 94.0 Å². The number of aromatic nitrogens is 3. The van der Waals surface area contributed by atoms with Gasteiger partial charge in [0.1, 0.15) is 0 Å². The van der Waals surface area contributed by atoms with E-state index in [1.807, 2.05) is 4.72 Å². The van der Waals surface area contributed by atoms with Crippen molar-refractivity contribution in [2.24, 2.45) is 0 Å². The zero-order chi connectivity index (χ0) is 15.5. The van der Waals surface area contributed by atoms with Crippen LogP contribution in [0.3, 0.4) is 0 Å². The molecule has 0 unspecified atom stereocenters. The van der Waals surface area contributed by atoms with E-state index in [2.05, 4.69) is 10.1 Å². The summed E-state index contributed by atoms with van der Waals surface area (Å²) in [7, 11) is -3.79. The Hall–Kier alpha value is -1.93. The van der Waals surface area contributed by atoms with E-state index in [0.29, 0.717) is 11.3 Å². The number of sulfonamides is 1. The van der Waals surface area contributed by atoms with E-state index in [4.69, 9.17) is 11.6 Å². The van der Waals surface area contributed by atoms with Gasteiger partial charge in [0, 0.05) is 24.4 Å². The molecule has 0 aromatic carbocycles. The monoisotopic (exact) mass is 328 g/mol. The second-order valence-electron chi connectivity index (χ2n) is 4.24. The van der Waals surface area contributed by atoms with Crippen LogP contribution in [-0.4, -0.2) is 29.1 Å². The lowest BCUT2D eigenvalue weighted by Crippen LogP contribution is -2.30. The Bertz CT molecular complexity index is 743. The molecule has 21 heavy (non-hydrogen) atoms. The van der Waals surface area contributed by atoms with Crippen LogP contribution in [0.2, 0.25) is 5.15 Å². The molecule has 0 aliphatic carbocycles. The smallest absolute Gasteiger partial charge is 0.239 e. The van der Waals surface area contributed by atoms with Gasteiger partial charge in [0.25, 0.3) is 0 Å². The summed E-state index contributed by atoms with van der Waals surface area (Å²) in [5.41, 5.74) is 0.956. The molecule has 0 saturated heterocycles. The molecule has 0 spiro atoms. The highest BCUT2D eigenvalue weighted by Gasteiger charge is 2.19. The van der Waals surface area contributed by atoms with E-state index < -0.39 is 21.7 Å². The highest BCUT2D eigenvalue weighted by atomic mass is 35.5. The number of halogens is 1. The zero-order valence-electron chi connectivity index (χ0n) is 11.2. The normalized spacial score (nSPS) is 11.3. The van der Waals surface area contributed by atoms with Gasteiger partial charge in [0.2, 0.25) is 15.9 Å². The Morgan fingerprint density at radius 1 is 1.48 bits per heavy atom. The molecule has 7 nitrogen and oxygen atoms in total. The first kappa shape index (κ1) is 15.5. The Morgan fingerprint density at radius 2 is 2.24 bits per heavy atom. The Kier molecular flexibility index (Phi) is 4.59. The SMILES string of the molecule is CCC(=O)NS(=O)(=O)Cc1cn(-c2cccnc2)nc1Cl. The molecule has 0 aliphatic heterocycles. The molecule has 0 fully saturated rings. The summed E-state index contributed by atoms with van der Waals surface area (Å²) in [6, 6.07) is 3.48. The van der Waals surface area contributed by atoms with Gasteiger partial charge in [-0.25, -0.2) is 13.1 Å². The van der Waals surface area contributed by atoms with Gasteiger partial charge in [-0.15, -0.1) is 0 Å². The molecular formula is C12H13ClN4O3S. The molecule has 0 bridgehead atoms. The highest BCUT2D eigenvalue weighted by molar-refractivity contribution is 7.89. The number of hydrogen-bond acceptors (Lipinski definition) is 5. The maximum atomic E-state index is 11.8. The fourth-order valence-electron chi connectivity index (χ4n) is 1.59. The maximum absolute atomic E-state index is 11.8. The van der Waals surface area contributed by atoms with Gasteiger partial charge >= 0.3 is 0 Å². The molecule has 2 aromatic rings. The van der Waals surface area contributed by atoms with Gasteiger partial charge in [-0.3, -0.25) is 14.5 Å². The highest BCUT2D eigenvalue weighted by Crippen LogP contribution is 2.18. The quantitative estimate of drug-likeness (QED) is 0.892. The number of amides is 1. The summed E-state index contributed by atoms with van der Waals surface area (Å²) in [6.07, 6.45) is 4.76. The number of carbonyl (C=O) groups is 1. The fourth-order valence-corrected chi connectivity index (χ4v) is 3.05. The molecule has 0 radical (unpaired) electrons. The Labute approximate surface area is 127 Å². The van der Waals surface area contributed by atoms with Crippen LogP contribution in [0.1, 0.15) is 18.9 Å². The first-order chi connectivity index (χ1) is 9.91. The fraction of sp³-hybridized carbons (Fsp3) is 0.250. The van der Waals surface area contributed by atoms with Crippen molar-refractivity contribution in [1.29, 1.82) is 0 Å². The average Bonchev–Trinajstić information content (AvgIpc) is 2.80. The van der Waals surface area contributed by atoms with Gasteiger partial charge in [0.15, 0.2) is 5.15 Å². The predicted octanol–water partition coefficient (Wildman–Crippen LogP) is 1.28. The second-order valence-corrected chi connectivity index (χ2v) is 6.32. The molecule has 2 aromatic heterocycles. The molecule has 2 heterocycles. The Morgan fingerprint density at radius 3 is 2.86 bits per heavy atom. The van der Waals surface area contributed by atoms with Crippen LogP contribution in [-0.2, 0) is 20.6 Å². The van der Waals surface area contributed by atoms with Crippen molar-refractivity contribution in [2.75, 3.05) is 0 Å². The minimum absolute atomic E-state index is 0.0631. The van der Waals surface area contributed by atoms with E-state index in [-0.39, 0.29) is 11.6 Å². The van der Waals surface area contributed by atoms with E-state index in [0.717, 1.165) is 0 Å². The summed E-state index contributed by atoms with van der Waals surface area (Å²) >= 11 is 5.94. The second kappa shape index (κ2) is 6.23. The van der Waals surface area contributed by atoms with E-state index >= 15 is 0 Å². The van der Waals surface area contributed by atoms with Crippen LogP contribution < -0.4 is 4.72 Å². The largest absolute Gasteiger partial charge is 0.274 e. The molecule has 2 rings (SSSR count). The van der Waals surface area contributed by atoms with Crippen LogP contribution in [0.25, 0.3) is 5.69 Å². The third-order valence-corrected chi connectivity index (χ3v) is 4.13. The van der Waals surface area contributed by atoms with Gasteiger partial charge in [-0.2, -0.15) is 5.10 Å². The summed E-state index contributed by atoms with van der Waals surface area (Å²) in [4.78, 5) is 15.1. The van der Waals surface area contributed by atoms with Gasteiger partial charge in [-0.1, -0.05) is 18.5 Å². The third-order valence-electron chi connectivity index (χ3n) is 2.59. The van der Waals surface area contributed by atoms with Crippen molar-refractivity contribution >= 4 is 27.5 Å². The maximum Gasteiger partial charge on any atom is 0.239 e. The first-order valence-corrected chi connectivity index (χ1v) is 8.12. The summed E-state index contributed by atoms with van der Waals surface area (Å²) in [6.45, 7) is 1.57. The number of rotatable bonds is 5. The molecule has 0 saturated carbocycles. The number of nitrogens with one attached hydrogen (secondary N) is 1.